The number of carbonyl (C=O) groups excluding carboxylic acids is 4. The van der Waals surface area contributed by atoms with Gasteiger partial charge in [-0.25, -0.2) is 14.4 Å². The molecule has 46 heavy (non-hydrogen) atoms. The van der Waals surface area contributed by atoms with Crippen LogP contribution in [0.5, 0.6) is 0 Å². The molecule has 0 saturated heterocycles. The van der Waals surface area contributed by atoms with Gasteiger partial charge in [-0.3, -0.25) is 4.79 Å². The van der Waals surface area contributed by atoms with Gasteiger partial charge < -0.3 is 30.2 Å². The van der Waals surface area contributed by atoms with Crippen molar-refractivity contribution in [2.24, 2.45) is 0 Å². The van der Waals surface area contributed by atoms with Gasteiger partial charge in [0.2, 0.25) is 5.91 Å². The van der Waals surface area contributed by atoms with Crippen LogP contribution in [0.4, 0.5) is 9.59 Å². The maximum absolute atomic E-state index is 13.5. The van der Waals surface area contributed by atoms with Crippen molar-refractivity contribution in [3.05, 3.63) is 95.6 Å². The lowest BCUT2D eigenvalue weighted by Crippen LogP contribution is -2.52. The molecule has 0 heterocycles. The fourth-order valence-corrected chi connectivity index (χ4v) is 5.49. The van der Waals surface area contributed by atoms with Gasteiger partial charge >= 0.3 is 18.2 Å². The molecule has 0 unspecified atom stereocenters. The Balaban J connectivity index is 1.40. The van der Waals surface area contributed by atoms with Crippen LogP contribution in [0.1, 0.15) is 62.6 Å². The van der Waals surface area contributed by atoms with Crippen molar-refractivity contribution < 1.29 is 33.4 Å². The summed E-state index contributed by atoms with van der Waals surface area (Å²) in [6, 6.07) is 23.4. The number of methoxy groups -OCH3 is 1. The Morgan fingerprint density at radius 2 is 1.37 bits per heavy atom. The van der Waals surface area contributed by atoms with Crippen molar-refractivity contribution >= 4 is 24.1 Å². The molecular formula is C36H43N3O7. The lowest BCUT2D eigenvalue weighted by molar-refractivity contribution is -0.145. The zero-order chi connectivity index (χ0) is 33.1. The highest BCUT2D eigenvalue weighted by molar-refractivity contribution is 5.90. The first-order valence-electron chi connectivity index (χ1n) is 15.6. The molecule has 0 radical (unpaired) electrons. The van der Waals surface area contributed by atoms with Gasteiger partial charge in [0.25, 0.3) is 0 Å². The van der Waals surface area contributed by atoms with Gasteiger partial charge in [0, 0.05) is 18.9 Å². The van der Waals surface area contributed by atoms with Gasteiger partial charge in [-0.1, -0.05) is 78.9 Å². The van der Waals surface area contributed by atoms with Crippen LogP contribution in [0.25, 0.3) is 11.1 Å². The van der Waals surface area contributed by atoms with Crippen LogP contribution in [-0.4, -0.2) is 62.0 Å². The topological polar surface area (TPSA) is 132 Å². The second kappa shape index (κ2) is 15.9. The van der Waals surface area contributed by atoms with E-state index in [4.69, 9.17) is 14.2 Å². The van der Waals surface area contributed by atoms with E-state index in [1.165, 1.54) is 7.11 Å². The van der Waals surface area contributed by atoms with E-state index < -0.39 is 41.7 Å². The van der Waals surface area contributed by atoms with E-state index in [-0.39, 0.29) is 25.4 Å². The van der Waals surface area contributed by atoms with Crippen molar-refractivity contribution in [3.63, 3.8) is 0 Å². The fourth-order valence-electron chi connectivity index (χ4n) is 5.49. The van der Waals surface area contributed by atoms with Crippen LogP contribution >= 0.6 is 0 Å². The summed E-state index contributed by atoms with van der Waals surface area (Å²) >= 11 is 0. The highest BCUT2D eigenvalue weighted by atomic mass is 16.6. The lowest BCUT2D eigenvalue weighted by Gasteiger charge is -2.23. The van der Waals surface area contributed by atoms with Crippen LogP contribution in [0.2, 0.25) is 0 Å². The second-order valence-corrected chi connectivity index (χ2v) is 12.2. The molecule has 0 saturated carbocycles. The van der Waals surface area contributed by atoms with Gasteiger partial charge in [0.1, 0.15) is 24.3 Å². The lowest BCUT2D eigenvalue weighted by atomic mass is 9.98. The van der Waals surface area contributed by atoms with E-state index in [9.17, 15) is 19.2 Å². The monoisotopic (exact) mass is 629 g/mol. The number of amides is 3. The Hall–Kier alpha value is -4.86. The Kier molecular flexibility index (Phi) is 11.8. The number of rotatable bonds is 13. The summed E-state index contributed by atoms with van der Waals surface area (Å²) in [5.74, 6) is -1.28. The molecule has 10 nitrogen and oxygen atoms in total. The number of ether oxygens (including phenoxy) is 3. The second-order valence-electron chi connectivity index (χ2n) is 12.2. The van der Waals surface area contributed by atoms with Gasteiger partial charge in [0.15, 0.2) is 0 Å². The third-order valence-electron chi connectivity index (χ3n) is 7.62. The number of esters is 1. The molecule has 4 rings (SSSR count). The van der Waals surface area contributed by atoms with E-state index >= 15 is 0 Å². The average molecular weight is 630 g/mol. The minimum atomic E-state index is -1.000. The maximum atomic E-state index is 13.5. The van der Waals surface area contributed by atoms with Crippen molar-refractivity contribution in [2.45, 2.75) is 70.1 Å². The number of alkyl carbamates (subject to hydrolysis) is 2. The van der Waals surface area contributed by atoms with E-state index in [2.05, 4.69) is 28.1 Å². The highest BCUT2D eigenvalue weighted by Crippen LogP contribution is 2.44. The Bertz CT molecular complexity index is 1460. The summed E-state index contributed by atoms with van der Waals surface area (Å²) in [7, 11) is 1.26. The normalized spacial score (nSPS) is 13.4. The summed E-state index contributed by atoms with van der Waals surface area (Å²) < 4.78 is 15.9. The smallest absolute Gasteiger partial charge is 0.407 e. The van der Waals surface area contributed by atoms with Gasteiger partial charge in [-0.2, -0.15) is 0 Å². The standard InChI is InChI=1S/C36H43N3O7/c1-36(2,3)46-34(42)37-21-13-12-20-30(32(40)38-31(33(41)44-4)22-24-14-6-5-7-15-24)39-35(43)45-23-29-27-18-10-8-16-25(27)26-17-9-11-19-28(26)29/h5-11,14-19,29-31H,12-13,20-23H2,1-4H3,(H,37,42)(H,38,40)(H,39,43)/t30-,31-/m0/s1. The Labute approximate surface area is 270 Å². The third kappa shape index (κ3) is 9.57. The minimum Gasteiger partial charge on any atom is -0.467 e. The largest absolute Gasteiger partial charge is 0.467 e. The molecule has 1 aliphatic rings. The maximum Gasteiger partial charge on any atom is 0.407 e. The molecule has 3 amide bonds. The first-order chi connectivity index (χ1) is 22.1. The first kappa shape index (κ1) is 34.0. The van der Waals surface area contributed by atoms with Crippen LogP contribution in [-0.2, 0) is 30.2 Å². The molecule has 0 aromatic heterocycles. The summed E-state index contributed by atoms with van der Waals surface area (Å²) in [5.41, 5.74) is 4.59. The van der Waals surface area contributed by atoms with Crippen molar-refractivity contribution in [1.29, 1.82) is 0 Å². The van der Waals surface area contributed by atoms with Crippen molar-refractivity contribution in [1.82, 2.24) is 16.0 Å². The van der Waals surface area contributed by atoms with Crippen molar-refractivity contribution in [3.8, 4) is 11.1 Å². The molecule has 10 heteroatoms. The van der Waals surface area contributed by atoms with E-state index in [0.717, 1.165) is 27.8 Å². The number of hydrogen-bond donors (Lipinski definition) is 3. The zero-order valence-electron chi connectivity index (χ0n) is 26.8. The van der Waals surface area contributed by atoms with Crippen LogP contribution in [0, 0.1) is 0 Å². The van der Waals surface area contributed by atoms with Gasteiger partial charge in [0.05, 0.1) is 7.11 Å². The van der Waals surface area contributed by atoms with Gasteiger partial charge in [-0.15, -0.1) is 0 Å². The predicted octanol–water partition coefficient (Wildman–Crippen LogP) is 5.49. The molecule has 3 N–H and O–H groups in total. The number of fused-ring (bicyclic) bond motifs is 3. The fraction of sp³-hybridized carbons (Fsp3) is 0.389. The Morgan fingerprint density at radius 3 is 1.98 bits per heavy atom. The number of carbonyl (C=O) groups is 4. The minimum absolute atomic E-state index is 0.0901. The van der Waals surface area contributed by atoms with Crippen LogP contribution < -0.4 is 16.0 Å². The predicted molar refractivity (Wildman–Crippen MR) is 174 cm³/mol. The zero-order valence-corrected chi connectivity index (χ0v) is 26.8. The average Bonchev–Trinajstić information content (AvgIpc) is 3.35. The van der Waals surface area contributed by atoms with Crippen LogP contribution in [0.3, 0.4) is 0 Å². The SMILES string of the molecule is COC(=O)[C@H](Cc1ccccc1)NC(=O)[C@H](CCCCNC(=O)OC(C)(C)C)NC(=O)OCC1c2ccccc2-c2ccccc21. The molecular weight excluding hydrogens is 586 g/mol. The quantitative estimate of drug-likeness (QED) is 0.129. The summed E-state index contributed by atoms with van der Waals surface area (Å²) in [6.07, 6.45) is 0.202. The van der Waals surface area contributed by atoms with Crippen LogP contribution in [0.15, 0.2) is 78.9 Å². The molecule has 244 valence electrons. The molecule has 3 aromatic carbocycles. The third-order valence-corrected chi connectivity index (χ3v) is 7.62. The molecule has 1 aliphatic carbocycles. The van der Waals surface area contributed by atoms with Crippen molar-refractivity contribution in [2.75, 3.05) is 20.3 Å². The molecule has 0 spiro atoms. The molecule has 0 fully saturated rings. The molecule has 2 atom stereocenters. The highest BCUT2D eigenvalue weighted by Gasteiger charge is 2.31. The number of nitrogens with one attached hydrogen (secondary N) is 3. The molecule has 3 aromatic rings. The van der Waals surface area contributed by atoms with E-state index in [0.29, 0.717) is 19.4 Å². The Morgan fingerprint density at radius 1 is 0.761 bits per heavy atom. The molecule has 0 bridgehead atoms. The van der Waals surface area contributed by atoms with Gasteiger partial charge in [-0.05, 0) is 67.9 Å². The van der Waals surface area contributed by atoms with E-state index in [1.807, 2.05) is 66.7 Å². The molecule has 0 aliphatic heterocycles. The summed E-state index contributed by atoms with van der Waals surface area (Å²) in [5, 5.41) is 8.16. The number of unbranched alkanes of at least 4 members (excludes halogenated alkanes) is 1. The van der Waals surface area contributed by atoms with E-state index in [1.54, 1.807) is 20.8 Å². The first-order valence-corrected chi connectivity index (χ1v) is 15.6. The number of hydrogen-bond acceptors (Lipinski definition) is 7. The number of benzene rings is 3. The summed E-state index contributed by atoms with van der Waals surface area (Å²) in [6.45, 7) is 5.76. The summed E-state index contributed by atoms with van der Waals surface area (Å²) in [4.78, 5) is 51.3.